The number of anilines is 1. The van der Waals surface area contributed by atoms with Gasteiger partial charge in [-0.25, -0.2) is 9.50 Å². The van der Waals surface area contributed by atoms with Crippen LogP contribution in [0.3, 0.4) is 0 Å². The molecule has 3 rings (SSSR count). The number of nitrogens with zero attached hydrogens (tertiary/aromatic N) is 4. The van der Waals surface area contributed by atoms with Crippen LogP contribution in [0.1, 0.15) is 11.4 Å². The van der Waals surface area contributed by atoms with Crippen LogP contribution in [-0.2, 0) is 4.74 Å². The molecule has 2 aromatic heterocycles. The molecule has 1 fully saturated rings. The normalized spacial score (nSPS) is 15.7. The Morgan fingerprint density at radius 2 is 2.00 bits per heavy atom. The van der Waals surface area contributed by atoms with Crippen molar-refractivity contribution in [1.29, 1.82) is 0 Å². The Morgan fingerprint density at radius 1 is 1.21 bits per heavy atom. The number of hydrogen-bond donors (Lipinski definition) is 0. The van der Waals surface area contributed by atoms with Crippen molar-refractivity contribution in [2.45, 2.75) is 0 Å². The van der Waals surface area contributed by atoms with Crippen LogP contribution in [0.25, 0.3) is 17.7 Å². The molecule has 0 bridgehead atoms. The molecule has 98 valence electrons. The fourth-order valence-electron chi connectivity index (χ4n) is 2.23. The Bertz CT molecular complexity index is 626. The molecule has 0 spiro atoms. The minimum atomic E-state index is 0.625. The van der Waals surface area contributed by atoms with Gasteiger partial charge >= 0.3 is 0 Å². The molecule has 1 aliphatic heterocycles. The second kappa shape index (κ2) is 4.85. The summed E-state index contributed by atoms with van der Waals surface area (Å²) in [5, 5.41) is 4.40. The maximum absolute atomic E-state index is 5.39. The van der Waals surface area contributed by atoms with Crippen LogP contribution in [0.2, 0.25) is 0 Å². The Balaban J connectivity index is 2.16. The summed E-state index contributed by atoms with van der Waals surface area (Å²) in [6.45, 7) is 10.7. The fourth-order valence-corrected chi connectivity index (χ4v) is 2.23. The van der Waals surface area contributed by atoms with Crippen LogP contribution >= 0.6 is 0 Å². The topological polar surface area (TPSA) is 42.7 Å². The SMILES string of the molecule is C=Cc1cc2c(N3CCOCC3)nc(C=C)nn2c1. The van der Waals surface area contributed by atoms with Crippen molar-refractivity contribution in [3.8, 4) is 0 Å². The second-order valence-corrected chi connectivity index (χ2v) is 4.40. The van der Waals surface area contributed by atoms with Gasteiger partial charge in [0.15, 0.2) is 11.6 Å². The molecule has 3 heterocycles. The van der Waals surface area contributed by atoms with Crippen molar-refractivity contribution in [1.82, 2.24) is 14.6 Å². The van der Waals surface area contributed by atoms with Gasteiger partial charge in [-0.3, -0.25) is 0 Å². The summed E-state index contributed by atoms with van der Waals surface area (Å²) in [5.41, 5.74) is 2.02. The van der Waals surface area contributed by atoms with E-state index < -0.39 is 0 Å². The van der Waals surface area contributed by atoms with Crippen LogP contribution in [0, 0.1) is 0 Å². The van der Waals surface area contributed by atoms with Gasteiger partial charge in [-0.1, -0.05) is 19.2 Å². The monoisotopic (exact) mass is 256 g/mol. The highest BCUT2D eigenvalue weighted by Crippen LogP contribution is 2.22. The Labute approximate surface area is 111 Å². The Hall–Kier alpha value is -2.14. The van der Waals surface area contributed by atoms with E-state index in [-0.39, 0.29) is 0 Å². The zero-order chi connectivity index (χ0) is 13.2. The van der Waals surface area contributed by atoms with Crippen molar-refractivity contribution < 1.29 is 4.74 Å². The molecular weight excluding hydrogens is 240 g/mol. The number of rotatable bonds is 3. The third-order valence-corrected chi connectivity index (χ3v) is 3.21. The number of hydrogen-bond acceptors (Lipinski definition) is 4. The first-order valence-electron chi connectivity index (χ1n) is 6.30. The lowest BCUT2D eigenvalue weighted by molar-refractivity contribution is 0.122. The highest BCUT2D eigenvalue weighted by Gasteiger charge is 2.17. The number of aromatic nitrogens is 3. The molecule has 0 aromatic carbocycles. The Kier molecular flexibility index (Phi) is 3.05. The molecule has 0 saturated carbocycles. The summed E-state index contributed by atoms with van der Waals surface area (Å²) in [5.74, 6) is 1.56. The molecule has 5 nitrogen and oxygen atoms in total. The van der Waals surface area contributed by atoms with Crippen molar-refractivity contribution in [3.63, 3.8) is 0 Å². The second-order valence-electron chi connectivity index (χ2n) is 4.40. The first-order chi connectivity index (χ1) is 9.31. The van der Waals surface area contributed by atoms with E-state index in [0.717, 1.165) is 43.2 Å². The molecule has 0 radical (unpaired) electrons. The van der Waals surface area contributed by atoms with Crippen molar-refractivity contribution in [2.24, 2.45) is 0 Å². The van der Waals surface area contributed by atoms with Crippen molar-refractivity contribution in [2.75, 3.05) is 31.2 Å². The standard InChI is InChI=1S/C14H16N4O/c1-3-11-9-12-14(17-5-7-19-8-6-17)15-13(4-2)16-18(12)10-11/h3-4,9-10H,1-2,5-8H2. The minimum absolute atomic E-state index is 0.625. The van der Waals surface area contributed by atoms with Gasteiger partial charge in [-0.05, 0) is 17.7 Å². The molecule has 19 heavy (non-hydrogen) atoms. The van der Waals surface area contributed by atoms with E-state index in [0.29, 0.717) is 5.82 Å². The quantitative estimate of drug-likeness (QED) is 0.840. The Morgan fingerprint density at radius 3 is 2.68 bits per heavy atom. The zero-order valence-electron chi connectivity index (χ0n) is 10.7. The molecule has 0 aliphatic carbocycles. The summed E-state index contributed by atoms with van der Waals surface area (Å²) < 4.78 is 7.23. The summed E-state index contributed by atoms with van der Waals surface area (Å²) in [4.78, 5) is 6.80. The van der Waals surface area contributed by atoms with Crippen LogP contribution < -0.4 is 4.90 Å². The predicted molar refractivity (Wildman–Crippen MR) is 76.2 cm³/mol. The third-order valence-electron chi connectivity index (χ3n) is 3.21. The smallest absolute Gasteiger partial charge is 0.174 e. The van der Waals surface area contributed by atoms with Gasteiger partial charge in [0, 0.05) is 19.3 Å². The number of ether oxygens (including phenoxy) is 1. The van der Waals surface area contributed by atoms with Crippen LogP contribution in [-0.4, -0.2) is 40.9 Å². The van der Waals surface area contributed by atoms with Crippen molar-refractivity contribution in [3.05, 3.63) is 36.8 Å². The van der Waals surface area contributed by atoms with E-state index in [4.69, 9.17) is 4.74 Å². The van der Waals surface area contributed by atoms with Crippen LogP contribution in [0.5, 0.6) is 0 Å². The molecule has 0 atom stereocenters. The van der Waals surface area contributed by atoms with E-state index in [9.17, 15) is 0 Å². The molecular formula is C14H16N4O. The maximum atomic E-state index is 5.39. The maximum Gasteiger partial charge on any atom is 0.174 e. The third kappa shape index (κ3) is 2.13. The van der Waals surface area contributed by atoms with E-state index in [1.807, 2.05) is 22.9 Å². The average molecular weight is 256 g/mol. The molecule has 0 amide bonds. The lowest BCUT2D eigenvalue weighted by Gasteiger charge is -2.28. The molecule has 1 aliphatic rings. The van der Waals surface area contributed by atoms with E-state index in [2.05, 4.69) is 28.1 Å². The lowest BCUT2D eigenvalue weighted by Crippen LogP contribution is -2.37. The number of fused-ring (bicyclic) bond motifs is 1. The molecule has 1 saturated heterocycles. The lowest BCUT2D eigenvalue weighted by atomic mass is 10.3. The van der Waals surface area contributed by atoms with E-state index in [1.165, 1.54) is 0 Å². The first-order valence-corrected chi connectivity index (χ1v) is 6.30. The van der Waals surface area contributed by atoms with Gasteiger partial charge in [0.05, 0.1) is 13.2 Å². The average Bonchev–Trinajstić information content (AvgIpc) is 2.90. The summed E-state index contributed by atoms with van der Waals surface area (Å²) in [6.07, 6.45) is 5.42. The first kappa shape index (κ1) is 11.9. The molecule has 2 aromatic rings. The van der Waals surface area contributed by atoms with Crippen LogP contribution in [0.4, 0.5) is 5.82 Å². The van der Waals surface area contributed by atoms with Gasteiger partial charge < -0.3 is 9.64 Å². The molecule has 0 unspecified atom stereocenters. The highest BCUT2D eigenvalue weighted by molar-refractivity contribution is 5.73. The van der Waals surface area contributed by atoms with E-state index in [1.54, 1.807) is 6.08 Å². The van der Waals surface area contributed by atoms with Gasteiger partial charge in [0.1, 0.15) is 5.52 Å². The summed E-state index contributed by atoms with van der Waals surface area (Å²) >= 11 is 0. The summed E-state index contributed by atoms with van der Waals surface area (Å²) in [6, 6.07) is 2.05. The minimum Gasteiger partial charge on any atom is -0.378 e. The fraction of sp³-hybridized carbons (Fsp3) is 0.286. The summed E-state index contributed by atoms with van der Waals surface area (Å²) in [7, 11) is 0. The zero-order valence-corrected chi connectivity index (χ0v) is 10.7. The number of morpholine rings is 1. The van der Waals surface area contributed by atoms with Gasteiger partial charge in [0.25, 0.3) is 0 Å². The van der Waals surface area contributed by atoms with Crippen LogP contribution in [0.15, 0.2) is 25.4 Å². The molecule has 0 N–H and O–H groups in total. The van der Waals surface area contributed by atoms with E-state index >= 15 is 0 Å². The highest BCUT2D eigenvalue weighted by atomic mass is 16.5. The van der Waals surface area contributed by atoms with Gasteiger partial charge in [0.2, 0.25) is 0 Å². The van der Waals surface area contributed by atoms with Gasteiger partial charge in [-0.15, -0.1) is 5.10 Å². The van der Waals surface area contributed by atoms with Gasteiger partial charge in [-0.2, -0.15) is 0 Å². The van der Waals surface area contributed by atoms with Crippen molar-refractivity contribution >= 4 is 23.5 Å². The predicted octanol–water partition coefficient (Wildman–Crippen LogP) is 1.85. The largest absolute Gasteiger partial charge is 0.378 e. The molecule has 5 heteroatoms.